The smallest absolute Gasteiger partial charge is 0.0453 e. The predicted molar refractivity (Wildman–Crippen MR) is 82.9 cm³/mol. The van der Waals surface area contributed by atoms with E-state index in [0.717, 1.165) is 27.7 Å². The zero-order valence-electron chi connectivity index (χ0n) is 11.1. The van der Waals surface area contributed by atoms with E-state index in [1.54, 1.807) is 0 Å². The lowest BCUT2D eigenvalue weighted by Crippen LogP contribution is -2.18. The van der Waals surface area contributed by atoms with Crippen LogP contribution < -0.4 is 5.32 Å². The molecule has 0 aromatic heterocycles. The lowest BCUT2D eigenvalue weighted by atomic mass is 10.1. The van der Waals surface area contributed by atoms with E-state index < -0.39 is 0 Å². The fourth-order valence-corrected chi connectivity index (χ4v) is 2.60. The van der Waals surface area contributed by atoms with Gasteiger partial charge in [0.05, 0.1) is 0 Å². The normalized spacial score (nSPS) is 12.4. The zero-order chi connectivity index (χ0) is 13.8. The lowest BCUT2D eigenvalue weighted by molar-refractivity contribution is 0.575. The standard InChI is InChI=1S/C16H17Cl2N/c1-11-7-8-13(16(18)9-11)10-19-12(2)14-5-3-4-6-15(14)17/h3-9,12,19H,10H2,1-2H3/t12-/m0/s1. The van der Waals surface area contributed by atoms with Gasteiger partial charge in [0.15, 0.2) is 0 Å². The van der Waals surface area contributed by atoms with Gasteiger partial charge in [-0.1, -0.05) is 53.5 Å². The number of nitrogens with one attached hydrogen (secondary N) is 1. The molecule has 0 saturated heterocycles. The Morgan fingerprint density at radius 2 is 1.79 bits per heavy atom. The van der Waals surface area contributed by atoms with Gasteiger partial charge in [0.1, 0.15) is 0 Å². The van der Waals surface area contributed by atoms with Crippen LogP contribution in [0.3, 0.4) is 0 Å². The number of hydrogen-bond acceptors (Lipinski definition) is 1. The first-order chi connectivity index (χ1) is 9.08. The molecule has 2 aromatic rings. The Bertz CT molecular complexity index is 566. The molecule has 0 radical (unpaired) electrons. The van der Waals surface area contributed by atoms with Gasteiger partial charge in [-0.25, -0.2) is 0 Å². The van der Waals surface area contributed by atoms with Gasteiger partial charge in [0, 0.05) is 22.6 Å². The Labute approximate surface area is 124 Å². The highest BCUT2D eigenvalue weighted by molar-refractivity contribution is 6.31. The maximum atomic E-state index is 6.22. The third-order valence-corrected chi connectivity index (χ3v) is 3.88. The first-order valence-electron chi connectivity index (χ1n) is 6.31. The fourth-order valence-electron chi connectivity index (χ4n) is 1.99. The lowest BCUT2D eigenvalue weighted by Gasteiger charge is -2.16. The van der Waals surface area contributed by atoms with E-state index in [-0.39, 0.29) is 6.04 Å². The third-order valence-electron chi connectivity index (χ3n) is 3.18. The molecule has 0 aliphatic carbocycles. The van der Waals surface area contributed by atoms with E-state index in [2.05, 4.69) is 24.4 Å². The van der Waals surface area contributed by atoms with Crippen LogP contribution in [0, 0.1) is 6.92 Å². The van der Waals surface area contributed by atoms with Crippen LogP contribution in [0.1, 0.15) is 29.7 Å². The second-order valence-electron chi connectivity index (χ2n) is 4.72. The summed E-state index contributed by atoms with van der Waals surface area (Å²) >= 11 is 12.4. The van der Waals surface area contributed by atoms with Crippen LogP contribution in [0.15, 0.2) is 42.5 Å². The minimum Gasteiger partial charge on any atom is -0.306 e. The molecule has 0 spiro atoms. The molecule has 0 bridgehead atoms. The maximum Gasteiger partial charge on any atom is 0.0453 e. The molecule has 0 aliphatic rings. The molecule has 1 atom stereocenters. The minimum absolute atomic E-state index is 0.186. The molecule has 1 nitrogen and oxygen atoms in total. The number of benzene rings is 2. The van der Waals surface area contributed by atoms with Crippen molar-refractivity contribution in [2.24, 2.45) is 0 Å². The zero-order valence-corrected chi connectivity index (χ0v) is 12.6. The summed E-state index contributed by atoms with van der Waals surface area (Å²) in [5.41, 5.74) is 3.38. The van der Waals surface area contributed by atoms with Crippen LogP contribution in [0.4, 0.5) is 0 Å². The van der Waals surface area contributed by atoms with Crippen molar-refractivity contribution in [2.45, 2.75) is 26.4 Å². The van der Waals surface area contributed by atoms with E-state index in [1.807, 2.05) is 37.3 Å². The van der Waals surface area contributed by atoms with E-state index in [4.69, 9.17) is 23.2 Å². The summed E-state index contributed by atoms with van der Waals surface area (Å²) in [6, 6.07) is 14.2. The van der Waals surface area contributed by atoms with Crippen LogP contribution in [0.5, 0.6) is 0 Å². The molecule has 2 aromatic carbocycles. The number of hydrogen-bond donors (Lipinski definition) is 1. The summed E-state index contributed by atoms with van der Waals surface area (Å²) in [7, 11) is 0. The first kappa shape index (κ1) is 14.4. The first-order valence-corrected chi connectivity index (χ1v) is 7.06. The van der Waals surface area contributed by atoms with Crippen molar-refractivity contribution in [1.82, 2.24) is 5.32 Å². The van der Waals surface area contributed by atoms with Crippen molar-refractivity contribution in [3.63, 3.8) is 0 Å². The second kappa shape index (κ2) is 6.42. The Morgan fingerprint density at radius 1 is 1.05 bits per heavy atom. The number of rotatable bonds is 4. The third kappa shape index (κ3) is 3.73. The molecule has 100 valence electrons. The van der Waals surface area contributed by atoms with Crippen molar-refractivity contribution in [2.75, 3.05) is 0 Å². The molecule has 3 heteroatoms. The number of halogens is 2. The van der Waals surface area contributed by atoms with Gasteiger partial charge in [0.2, 0.25) is 0 Å². The van der Waals surface area contributed by atoms with Crippen molar-refractivity contribution in [1.29, 1.82) is 0 Å². The molecular formula is C16H17Cl2N. The van der Waals surface area contributed by atoms with Crippen molar-refractivity contribution in [3.8, 4) is 0 Å². The Hall–Kier alpha value is -1.02. The molecule has 0 unspecified atom stereocenters. The molecule has 0 heterocycles. The summed E-state index contributed by atoms with van der Waals surface area (Å²) in [5, 5.41) is 5.04. The van der Waals surface area contributed by atoms with E-state index >= 15 is 0 Å². The monoisotopic (exact) mass is 293 g/mol. The Kier molecular flexibility index (Phi) is 4.87. The summed E-state index contributed by atoms with van der Waals surface area (Å²) in [5.74, 6) is 0. The van der Waals surface area contributed by atoms with Crippen LogP contribution in [-0.2, 0) is 6.54 Å². The van der Waals surface area contributed by atoms with Crippen LogP contribution in [-0.4, -0.2) is 0 Å². The van der Waals surface area contributed by atoms with Gasteiger partial charge in [-0.3, -0.25) is 0 Å². The molecule has 0 amide bonds. The quantitative estimate of drug-likeness (QED) is 0.822. The van der Waals surface area contributed by atoms with Crippen molar-refractivity contribution in [3.05, 3.63) is 69.2 Å². The second-order valence-corrected chi connectivity index (χ2v) is 5.53. The molecule has 2 rings (SSSR count). The molecule has 0 aliphatic heterocycles. The molecule has 1 N–H and O–H groups in total. The van der Waals surface area contributed by atoms with E-state index in [0.29, 0.717) is 0 Å². The largest absolute Gasteiger partial charge is 0.306 e. The SMILES string of the molecule is Cc1ccc(CN[C@@H](C)c2ccccc2Cl)c(Cl)c1. The molecule has 19 heavy (non-hydrogen) atoms. The van der Waals surface area contributed by atoms with Crippen molar-refractivity contribution >= 4 is 23.2 Å². The maximum absolute atomic E-state index is 6.22. The highest BCUT2D eigenvalue weighted by Gasteiger charge is 2.09. The topological polar surface area (TPSA) is 12.0 Å². The van der Waals surface area contributed by atoms with Gasteiger partial charge in [-0.05, 0) is 42.7 Å². The summed E-state index contributed by atoms with van der Waals surface area (Å²) in [4.78, 5) is 0. The summed E-state index contributed by atoms with van der Waals surface area (Å²) < 4.78 is 0. The van der Waals surface area contributed by atoms with Crippen LogP contribution in [0.2, 0.25) is 10.0 Å². The van der Waals surface area contributed by atoms with Gasteiger partial charge in [0.25, 0.3) is 0 Å². The van der Waals surface area contributed by atoms with Crippen LogP contribution in [0.25, 0.3) is 0 Å². The van der Waals surface area contributed by atoms with Gasteiger partial charge >= 0.3 is 0 Å². The predicted octanol–water partition coefficient (Wildman–Crippen LogP) is 5.15. The average Bonchev–Trinajstić information content (AvgIpc) is 2.38. The highest BCUT2D eigenvalue weighted by atomic mass is 35.5. The summed E-state index contributed by atoms with van der Waals surface area (Å²) in [6.07, 6.45) is 0. The van der Waals surface area contributed by atoms with E-state index in [9.17, 15) is 0 Å². The van der Waals surface area contributed by atoms with Gasteiger partial charge in [-0.2, -0.15) is 0 Å². The van der Waals surface area contributed by atoms with E-state index in [1.165, 1.54) is 5.56 Å². The average molecular weight is 294 g/mol. The van der Waals surface area contributed by atoms with Crippen molar-refractivity contribution < 1.29 is 0 Å². The summed E-state index contributed by atoms with van der Waals surface area (Å²) in [6.45, 7) is 4.87. The Balaban J connectivity index is 2.04. The highest BCUT2D eigenvalue weighted by Crippen LogP contribution is 2.23. The minimum atomic E-state index is 0.186. The van der Waals surface area contributed by atoms with Gasteiger partial charge in [-0.15, -0.1) is 0 Å². The molecule has 0 fully saturated rings. The fraction of sp³-hybridized carbons (Fsp3) is 0.250. The number of aryl methyl sites for hydroxylation is 1. The van der Waals surface area contributed by atoms with Crippen LogP contribution >= 0.6 is 23.2 Å². The molecular weight excluding hydrogens is 277 g/mol. The van der Waals surface area contributed by atoms with Gasteiger partial charge < -0.3 is 5.32 Å². The Morgan fingerprint density at radius 3 is 2.47 bits per heavy atom. The molecule has 0 saturated carbocycles.